The van der Waals surface area contributed by atoms with Crippen LogP contribution in [0.3, 0.4) is 0 Å². The molecule has 0 aliphatic rings. The van der Waals surface area contributed by atoms with Crippen LogP contribution in [0.2, 0.25) is 0 Å². The van der Waals surface area contributed by atoms with Gasteiger partial charge < -0.3 is 5.11 Å². The van der Waals surface area contributed by atoms with E-state index in [-0.39, 0.29) is 0 Å². The van der Waals surface area contributed by atoms with Crippen LogP contribution in [-0.2, 0) is 11.2 Å². The monoisotopic (exact) mass is 204 g/mol. The van der Waals surface area contributed by atoms with Gasteiger partial charge in [-0.15, -0.1) is 0 Å². The van der Waals surface area contributed by atoms with E-state index in [2.05, 4.69) is 19.9 Å². The van der Waals surface area contributed by atoms with Crippen LogP contribution in [0.25, 0.3) is 6.08 Å². The predicted octanol–water partition coefficient (Wildman–Crippen LogP) is 2.98. The molecule has 0 aliphatic carbocycles. The minimum atomic E-state index is -0.913. The quantitative estimate of drug-likeness (QED) is 0.765. The Morgan fingerprint density at radius 2 is 2.20 bits per heavy atom. The third kappa shape index (κ3) is 4.45. The molecule has 0 saturated heterocycles. The second-order valence-electron chi connectivity index (χ2n) is 4.01. The minimum absolute atomic E-state index is 0.615. The molecular weight excluding hydrogens is 188 g/mol. The van der Waals surface area contributed by atoms with Crippen molar-refractivity contribution in [3.05, 3.63) is 41.5 Å². The molecule has 0 aliphatic heterocycles. The third-order valence-corrected chi connectivity index (χ3v) is 2.01. The van der Waals surface area contributed by atoms with E-state index in [9.17, 15) is 4.79 Å². The Labute approximate surface area is 90.3 Å². The first-order valence-electron chi connectivity index (χ1n) is 5.08. The van der Waals surface area contributed by atoms with Crippen LogP contribution in [0.4, 0.5) is 0 Å². The molecule has 1 aromatic rings. The van der Waals surface area contributed by atoms with E-state index in [4.69, 9.17) is 5.11 Å². The maximum absolute atomic E-state index is 10.3. The summed E-state index contributed by atoms with van der Waals surface area (Å²) in [5.41, 5.74) is 2.19. The van der Waals surface area contributed by atoms with Crippen molar-refractivity contribution in [2.75, 3.05) is 0 Å². The lowest BCUT2D eigenvalue weighted by atomic mass is 10.0. The molecule has 0 radical (unpaired) electrons. The Hall–Kier alpha value is -1.57. The number of carboxylic acids is 1. The molecule has 0 aromatic heterocycles. The molecule has 0 heterocycles. The zero-order valence-electron chi connectivity index (χ0n) is 9.10. The smallest absolute Gasteiger partial charge is 0.328 e. The molecule has 0 saturated carbocycles. The zero-order valence-corrected chi connectivity index (χ0v) is 9.10. The molecule has 0 unspecified atom stereocenters. The van der Waals surface area contributed by atoms with E-state index in [1.807, 2.05) is 18.2 Å². The fraction of sp³-hybridized carbons (Fsp3) is 0.308. The average Bonchev–Trinajstić information content (AvgIpc) is 2.14. The Bertz CT molecular complexity index is 365. The first-order valence-corrected chi connectivity index (χ1v) is 5.08. The first kappa shape index (κ1) is 11.5. The van der Waals surface area contributed by atoms with Gasteiger partial charge in [-0.1, -0.05) is 38.1 Å². The van der Waals surface area contributed by atoms with Crippen molar-refractivity contribution in [3.63, 3.8) is 0 Å². The maximum atomic E-state index is 10.3. The summed E-state index contributed by atoms with van der Waals surface area (Å²) >= 11 is 0. The van der Waals surface area contributed by atoms with Gasteiger partial charge in [-0.05, 0) is 29.5 Å². The van der Waals surface area contributed by atoms with Crippen LogP contribution >= 0.6 is 0 Å². The highest BCUT2D eigenvalue weighted by Gasteiger charge is 1.98. The largest absolute Gasteiger partial charge is 0.478 e. The lowest BCUT2D eigenvalue weighted by molar-refractivity contribution is -0.131. The van der Waals surface area contributed by atoms with E-state index in [1.54, 1.807) is 6.08 Å². The van der Waals surface area contributed by atoms with Crippen molar-refractivity contribution in [3.8, 4) is 0 Å². The summed E-state index contributed by atoms with van der Waals surface area (Å²) in [6.45, 7) is 4.33. The number of carbonyl (C=O) groups is 1. The maximum Gasteiger partial charge on any atom is 0.328 e. The Balaban J connectivity index is 2.78. The van der Waals surface area contributed by atoms with Crippen molar-refractivity contribution in [1.29, 1.82) is 0 Å². The Morgan fingerprint density at radius 3 is 2.80 bits per heavy atom. The normalized spacial score (nSPS) is 11.1. The summed E-state index contributed by atoms with van der Waals surface area (Å²) in [7, 11) is 0. The molecule has 0 fully saturated rings. The van der Waals surface area contributed by atoms with Gasteiger partial charge in [-0.2, -0.15) is 0 Å². The van der Waals surface area contributed by atoms with Gasteiger partial charge in [-0.25, -0.2) is 4.79 Å². The second kappa shape index (κ2) is 5.35. The summed E-state index contributed by atoms with van der Waals surface area (Å²) in [5.74, 6) is -0.298. The van der Waals surface area contributed by atoms with Gasteiger partial charge in [0.25, 0.3) is 0 Å². The molecule has 0 spiro atoms. The van der Waals surface area contributed by atoms with E-state index in [1.165, 1.54) is 5.56 Å². The molecule has 2 nitrogen and oxygen atoms in total. The van der Waals surface area contributed by atoms with Crippen molar-refractivity contribution in [1.82, 2.24) is 0 Å². The van der Waals surface area contributed by atoms with Gasteiger partial charge in [0, 0.05) is 6.08 Å². The van der Waals surface area contributed by atoms with Crippen LogP contribution in [0.15, 0.2) is 30.3 Å². The van der Waals surface area contributed by atoms with Crippen molar-refractivity contribution in [2.45, 2.75) is 20.3 Å². The number of carboxylic acid groups (broad SMARTS) is 1. The SMILES string of the molecule is CC(C)Cc1cccc(C=CC(=O)O)c1. The molecule has 1 N–H and O–H groups in total. The Morgan fingerprint density at radius 1 is 1.47 bits per heavy atom. The summed E-state index contributed by atoms with van der Waals surface area (Å²) in [4.78, 5) is 10.3. The summed E-state index contributed by atoms with van der Waals surface area (Å²) in [5, 5.41) is 8.50. The highest BCUT2D eigenvalue weighted by molar-refractivity contribution is 5.85. The van der Waals surface area contributed by atoms with Gasteiger partial charge >= 0.3 is 5.97 Å². The molecule has 0 amide bonds. The van der Waals surface area contributed by atoms with Crippen LogP contribution in [0, 0.1) is 5.92 Å². The van der Waals surface area contributed by atoms with Crippen LogP contribution < -0.4 is 0 Å². The summed E-state index contributed by atoms with van der Waals surface area (Å²) in [6, 6.07) is 7.96. The zero-order chi connectivity index (χ0) is 11.3. The van der Waals surface area contributed by atoms with Crippen LogP contribution in [-0.4, -0.2) is 11.1 Å². The van der Waals surface area contributed by atoms with Crippen molar-refractivity contribution in [2.24, 2.45) is 5.92 Å². The van der Waals surface area contributed by atoms with E-state index in [0.717, 1.165) is 18.1 Å². The molecule has 80 valence electrons. The summed E-state index contributed by atoms with van der Waals surface area (Å²) in [6.07, 6.45) is 3.80. The number of benzene rings is 1. The van der Waals surface area contributed by atoms with Crippen molar-refractivity contribution >= 4 is 12.0 Å². The number of aliphatic carboxylic acids is 1. The number of hydrogen-bond acceptors (Lipinski definition) is 1. The van der Waals surface area contributed by atoms with Gasteiger partial charge in [0.1, 0.15) is 0 Å². The lowest BCUT2D eigenvalue weighted by Crippen LogP contribution is -1.94. The molecule has 15 heavy (non-hydrogen) atoms. The molecule has 0 bridgehead atoms. The standard InChI is InChI=1S/C13H16O2/c1-10(2)8-12-5-3-4-11(9-12)6-7-13(14)15/h3-7,9-10H,8H2,1-2H3,(H,14,15). The first-order chi connectivity index (χ1) is 7.08. The van der Waals surface area contributed by atoms with E-state index >= 15 is 0 Å². The van der Waals surface area contributed by atoms with Crippen molar-refractivity contribution < 1.29 is 9.90 Å². The summed E-state index contributed by atoms with van der Waals surface area (Å²) < 4.78 is 0. The number of rotatable bonds is 4. The fourth-order valence-corrected chi connectivity index (χ4v) is 1.46. The van der Waals surface area contributed by atoms with E-state index < -0.39 is 5.97 Å². The fourth-order valence-electron chi connectivity index (χ4n) is 1.46. The predicted molar refractivity (Wildman–Crippen MR) is 61.7 cm³/mol. The Kier molecular flexibility index (Phi) is 4.10. The number of hydrogen-bond donors (Lipinski definition) is 1. The second-order valence-corrected chi connectivity index (χ2v) is 4.01. The molecular formula is C13H16O2. The highest BCUT2D eigenvalue weighted by atomic mass is 16.4. The van der Waals surface area contributed by atoms with Gasteiger partial charge in [0.05, 0.1) is 0 Å². The van der Waals surface area contributed by atoms with E-state index in [0.29, 0.717) is 5.92 Å². The molecule has 1 aromatic carbocycles. The molecule has 2 heteroatoms. The van der Waals surface area contributed by atoms with Gasteiger partial charge in [-0.3, -0.25) is 0 Å². The minimum Gasteiger partial charge on any atom is -0.478 e. The lowest BCUT2D eigenvalue weighted by Gasteiger charge is -2.05. The van der Waals surface area contributed by atoms with Crippen LogP contribution in [0.5, 0.6) is 0 Å². The van der Waals surface area contributed by atoms with Gasteiger partial charge in [0.15, 0.2) is 0 Å². The average molecular weight is 204 g/mol. The molecule has 1 rings (SSSR count). The molecule has 0 atom stereocenters. The third-order valence-electron chi connectivity index (χ3n) is 2.01. The van der Waals surface area contributed by atoms with Crippen LogP contribution in [0.1, 0.15) is 25.0 Å². The van der Waals surface area contributed by atoms with Gasteiger partial charge in [0.2, 0.25) is 0 Å². The topological polar surface area (TPSA) is 37.3 Å². The highest BCUT2D eigenvalue weighted by Crippen LogP contribution is 2.11.